The average molecular weight is 345 g/mol. The van der Waals surface area contributed by atoms with Crippen LogP contribution in [0.25, 0.3) is 22.6 Å². The van der Waals surface area contributed by atoms with Crippen LogP contribution in [0.4, 0.5) is 5.69 Å². The number of aromatic amines is 1. The molecule has 2 N–H and O–H groups in total. The summed E-state index contributed by atoms with van der Waals surface area (Å²) in [6, 6.07) is 16.8. The van der Waals surface area contributed by atoms with Crippen LogP contribution in [0.3, 0.4) is 0 Å². The number of carbonyl (C=O) groups excluding carboxylic acids is 1. The van der Waals surface area contributed by atoms with E-state index in [4.69, 9.17) is 0 Å². The molecule has 0 aliphatic carbocycles. The largest absolute Gasteiger partial charge is 0.321 e. The number of rotatable bonds is 4. The maximum atomic E-state index is 12.7. The molecule has 0 spiro atoms. The number of nitrogens with one attached hydrogen (secondary N) is 2. The lowest BCUT2D eigenvalue weighted by molar-refractivity contribution is 0.102. The van der Waals surface area contributed by atoms with Crippen molar-refractivity contribution in [2.24, 2.45) is 7.05 Å². The summed E-state index contributed by atoms with van der Waals surface area (Å²) in [4.78, 5) is 12.7. The Hall–Kier alpha value is -3.81. The van der Waals surface area contributed by atoms with Crippen molar-refractivity contribution >= 4 is 11.6 Å². The molecule has 128 valence electrons. The van der Waals surface area contributed by atoms with Crippen LogP contribution in [0, 0.1) is 0 Å². The molecule has 0 fully saturated rings. The number of amides is 1. The second kappa shape index (κ2) is 6.60. The average Bonchev–Trinajstić information content (AvgIpc) is 3.31. The highest BCUT2D eigenvalue weighted by atomic mass is 16.2. The Bertz CT molecular complexity index is 1050. The molecule has 26 heavy (non-hydrogen) atoms. The van der Waals surface area contributed by atoms with Gasteiger partial charge >= 0.3 is 0 Å². The fourth-order valence-corrected chi connectivity index (χ4v) is 2.66. The van der Waals surface area contributed by atoms with E-state index in [1.807, 2.05) is 60.1 Å². The molecule has 0 radical (unpaired) electrons. The zero-order valence-electron chi connectivity index (χ0n) is 13.9. The molecule has 2 aromatic heterocycles. The van der Waals surface area contributed by atoms with Gasteiger partial charge in [-0.25, -0.2) is 0 Å². The number of hydrogen-bond donors (Lipinski definition) is 2. The Labute approximate surface area is 148 Å². The molecule has 4 rings (SSSR count). The predicted molar refractivity (Wildman–Crippen MR) is 96.2 cm³/mol. The summed E-state index contributed by atoms with van der Waals surface area (Å²) in [6.45, 7) is 0. The van der Waals surface area contributed by atoms with Gasteiger partial charge in [0.2, 0.25) is 0 Å². The van der Waals surface area contributed by atoms with Crippen LogP contribution < -0.4 is 5.32 Å². The molecular weight excluding hydrogens is 330 g/mol. The molecule has 0 aliphatic rings. The predicted octanol–water partition coefficient (Wildman–Crippen LogP) is 2.52. The Balaban J connectivity index is 1.61. The van der Waals surface area contributed by atoms with Gasteiger partial charge in [0, 0.05) is 23.9 Å². The van der Waals surface area contributed by atoms with Gasteiger partial charge in [0.25, 0.3) is 5.91 Å². The second-order valence-corrected chi connectivity index (χ2v) is 5.69. The van der Waals surface area contributed by atoms with Crippen molar-refractivity contribution in [3.63, 3.8) is 0 Å². The lowest BCUT2D eigenvalue weighted by atomic mass is 10.1. The molecule has 0 saturated carbocycles. The van der Waals surface area contributed by atoms with E-state index >= 15 is 0 Å². The van der Waals surface area contributed by atoms with E-state index in [1.165, 1.54) is 0 Å². The van der Waals surface area contributed by atoms with E-state index in [1.54, 1.807) is 12.4 Å². The van der Waals surface area contributed by atoms with E-state index in [9.17, 15) is 4.79 Å². The molecule has 2 heterocycles. The normalized spacial score (nSPS) is 10.7. The summed E-state index contributed by atoms with van der Waals surface area (Å²) in [5.74, 6) is 0.375. The third kappa shape index (κ3) is 2.95. The van der Waals surface area contributed by atoms with E-state index in [0.29, 0.717) is 17.2 Å². The summed E-state index contributed by atoms with van der Waals surface area (Å²) in [7, 11) is 1.86. The van der Waals surface area contributed by atoms with Crippen molar-refractivity contribution in [1.82, 2.24) is 30.2 Å². The fourth-order valence-electron chi connectivity index (χ4n) is 2.66. The number of nitrogens with zero attached hydrogens (tertiary/aromatic N) is 5. The molecule has 4 aromatic rings. The van der Waals surface area contributed by atoms with Crippen LogP contribution in [0.1, 0.15) is 10.5 Å². The van der Waals surface area contributed by atoms with Gasteiger partial charge < -0.3 is 9.88 Å². The van der Waals surface area contributed by atoms with Crippen molar-refractivity contribution in [1.29, 1.82) is 0 Å². The highest BCUT2D eigenvalue weighted by molar-refractivity contribution is 6.06. The number of anilines is 1. The Morgan fingerprint density at radius 1 is 1.04 bits per heavy atom. The summed E-state index contributed by atoms with van der Waals surface area (Å²) in [6.07, 6.45) is 1.63. The monoisotopic (exact) mass is 345 g/mol. The summed E-state index contributed by atoms with van der Waals surface area (Å²) < 4.78 is 1.81. The van der Waals surface area contributed by atoms with Gasteiger partial charge in [-0.3, -0.25) is 4.79 Å². The Morgan fingerprint density at radius 2 is 1.85 bits per heavy atom. The topological polar surface area (TPSA) is 101 Å². The fraction of sp³-hybridized carbons (Fsp3) is 0.0556. The van der Waals surface area contributed by atoms with Gasteiger partial charge in [0.05, 0.1) is 0 Å². The first kappa shape index (κ1) is 15.7. The second-order valence-electron chi connectivity index (χ2n) is 5.69. The van der Waals surface area contributed by atoms with E-state index in [2.05, 4.69) is 30.9 Å². The molecular formula is C18H15N7O. The minimum atomic E-state index is -0.340. The first-order chi connectivity index (χ1) is 12.7. The minimum absolute atomic E-state index is 0.236. The Kier molecular flexibility index (Phi) is 3.98. The van der Waals surface area contributed by atoms with Crippen molar-refractivity contribution in [2.45, 2.75) is 0 Å². The van der Waals surface area contributed by atoms with Gasteiger partial charge in [-0.1, -0.05) is 42.5 Å². The van der Waals surface area contributed by atoms with Crippen LogP contribution in [0.15, 0.2) is 60.9 Å². The number of carbonyl (C=O) groups is 1. The van der Waals surface area contributed by atoms with E-state index < -0.39 is 0 Å². The number of H-pyrrole nitrogens is 1. The first-order valence-corrected chi connectivity index (χ1v) is 7.94. The maximum absolute atomic E-state index is 12.7. The molecule has 2 aromatic carbocycles. The van der Waals surface area contributed by atoms with Crippen molar-refractivity contribution in [3.05, 3.63) is 66.6 Å². The highest BCUT2D eigenvalue weighted by Crippen LogP contribution is 2.22. The van der Waals surface area contributed by atoms with Crippen LogP contribution in [-0.4, -0.2) is 36.1 Å². The lowest BCUT2D eigenvalue weighted by Gasteiger charge is -2.07. The van der Waals surface area contributed by atoms with E-state index in [-0.39, 0.29) is 11.6 Å². The number of aryl methyl sites for hydroxylation is 1. The molecule has 0 unspecified atom stereocenters. The molecule has 8 heteroatoms. The standard InChI is InChI=1S/C18H15N7O/c1-25-11-19-23-17(25)13-8-5-9-14(10-13)20-18(26)16-15(21-24-22-16)12-6-3-2-4-7-12/h2-11H,1H3,(H,20,26)(H,21,22,24). The van der Waals surface area contributed by atoms with Gasteiger partial charge in [0.15, 0.2) is 11.5 Å². The van der Waals surface area contributed by atoms with Gasteiger partial charge in [-0.05, 0) is 12.1 Å². The number of benzene rings is 2. The molecule has 8 nitrogen and oxygen atoms in total. The zero-order chi connectivity index (χ0) is 17.9. The summed E-state index contributed by atoms with van der Waals surface area (Å²) >= 11 is 0. The lowest BCUT2D eigenvalue weighted by Crippen LogP contribution is -2.13. The minimum Gasteiger partial charge on any atom is -0.321 e. The Morgan fingerprint density at radius 3 is 2.62 bits per heavy atom. The number of aromatic nitrogens is 6. The van der Waals surface area contributed by atoms with Crippen LogP contribution in [-0.2, 0) is 7.05 Å². The van der Waals surface area contributed by atoms with Gasteiger partial charge in [0.1, 0.15) is 12.0 Å². The molecule has 0 bridgehead atoms. The van der Waals surface area contributed by atoms with E-state index in [0.717, 1.165) is 11.1 Å². The maximum Gasteiger partial charge on any atom is 0.278 e. The van der Waals surface area contributed by atoms with Crippen LogP contribution in [0.5, 0.6) is 0 Å². The molecule has 0 saturated heterocycles. The highest BCUT2D eigenvalue weighted by Gasteiger charge is 2.18. The smallest absolute Gasteiger partial charge is 0.278 e. The third-order valence-corrected chi connectivity index (χ3v) is 3.90. The molecule has 0 atom stereocenters. The quantitative estimate of drug-likeness (QED) is 0.592. The molecule has 1 amide bonds. The first-order valence-electron chi connectivity index (χ1n) is 7.94. The van der Waals surface area contributed by atoms with Crippen molar-refractivity contribution < 1.29 is 4.79 Å². The summed E-state index contributed by atoms with van der Waals surface area (Å²) in [5.41, 5.74) is 3.05. The van der Waals surface area contributed by atoms with Crippen LogP contribution >= 0.6 is 0 Å². The van der Waals surface area contributed by atoms with Gasteiger partial charge in [-0.15, -0.1) is 10.2 Å². The van der Waals surface area contributed by atoms with Crippen molar-refractivity contribution in [2.75, 3.05) is 5.32 Å². The number of hydrogen-bond acceptors (Lipinski definition) is 5. The zero-order valence-corrected chi connectivity index (χ0v) is 13.9. The van der Waals surface area contributed by atoms with Gasteiger partial charge in [-0.2, -0.15) is 15.4 Å². The van der Waals surface area contributed by atoms with Crippen LogP contribution in [0.2, 0.25) is 0 Å². The van der Waals surface area contributed by atoms with Crippen molar-refractivity contribution in [3.8, 4) is 22.6 Å². The SMILES string of the molecule is Cn1cnnc1-c1cccc(NC(=O)c2n[nH]nc2-c2ccccc2)c1. The molecule has 0 aliphatic heterocycles. The summed E-state index contributed by atoms with van der Waals surface area (Å²) in [5, 5.41) is 21.4. The third-order valence-electron chi connectivity index (χ3n) is 3.90.